The van der Waals surface area contributed by atoms with Crippen molar-refractivity contribution in [2.45, 2.75) is 13.0 Å². The highest BCUT2D eigenvalue weighted by Crippen LogP contribution is 2.33. The van der Waals surface area contributed by atoms with Gasteiger partial charge in [0.25, 0.3) is 5.91 Å². The molecule has 0 aromatic heterocycles. The van der Waals surface area contributed by atoms with E-state index in [1.165, 1.54) is 21.1 Å². The lowest BCUT2D eigenvalue weighted by Crippen LogP contribution is -2.31. The first-order chi connectivity index (χ1) is 14.9. The van der Waals surface area contributed by atoms with Crippen molar-refractivity contribution in [1.29, 1.82) is 0 Å². The van der Waals surface area contributed by atoms with Gasteiger partial charge in [-0.05, 0) is 51.8 Å². The first kappa shape index (κ1) is 22.4. The first-order valence-electron chi connectivity index (χ1n) is 9.45. The number of methoxy groups -OCH3 is 2. The van der Waals surface area contributed by atoms with Crippen molar-refractivity contribution in [2.24, 2.45) is 0 Å². The van der Waals surface area contributed by atoms with Gasteiger partial charge in [-0.3, -0.25) is 4.79 Å². The van der Waals surface area contributed by atoms with Crippen molar-refractivity contribution in [3.63, 3.8) is 0 Å². The third-order valence-corrected chi connectivity index (χ3v) is 5.33. The van der Waals surface area contributed by atoms with Gasteiger partial charge in [-0.25, -0.2) is 4.79 Å². The minimum atomic E-state index is -1.04. The normalized spacial score (nSPS) is 11.5. The lowest BCUT2D eigenvalue weighted by atomic mass is 10.1. The van der Waals surface area contributed by atoms with Crippen LogP contribution in [0.3, 0.4) is 0 Å². The zero-order valence-corrected chi connectivity index (χ0v) is 18.9. The topological polar surface area (TPSA) is 83.1 Å². The second kappa shape index (κ2) is 10.2. The van der Waals surface area contributed by atoms with Crippen LogP contribution in [0.4, 0.5) is 5.69 Å². The molecule has 8 heteroatoms. The summed E-state index contributed by atoms with van der Waals surface area (Å²) in [6.45, 7) is 1.14. The minimum absolute atomic E-state index is 0.336. The van der Waals surface area contributed by atoms with Gasteiger partial charge < -0.3 is 24.3 Å². The Balaban J connectivity index is 1.58. The lowest BCUT2D eigenvalue weighted by molar-refractivity contribution is -0.155. The Morgan fingerprint density at radius 1 is 1.00 bits per heavy atom. The van der Waals surface area contributed by atoms with E-state index in [9.17, 15) is 9.59 Å². The predicted molar refractivity (Wildman–Crippen MR) is 121 cm³/mol. The number of halogens is 1. The molecule has 0 aliphatic heterocycles. The molecule has 162 valence electrons. The number of carbonyl (C=O) groups excluding carboxylic acids is 2. The number of fused-ring (bicyclic) bond motifs is 1. The number of benzene rings is 3. The van der Waals surface area contributed by atoms with Crippen LogP contribution in [0.5, 0.6) is 17.2 Å². The number of carbonyl (C=O) groups is 2. The van der Waals surface area contributed by atoms with Crippen molar-refractivity contribution < 1.29 is 28.5 Å². The predicted octanol–water partition coefficient (Wildman–Crippen LogP) is 4.57. The van der Waals surface area contributed by atoms with E-state index in [1.54, 1.807) is 24.3 Å². The highest BCUT2D eigenvalue weighted by Gasteiger charge is 2.20. The van der Waals surface area contributed by atoms with Gasteiger partial charge >= 0.3 is 5.97 Å². The Morgan fingerprint density at radius 3 is 2.48 bits per heavy atom. The SMILES string of the molecule is COc1ccc(OC)c(NC(=O)C(C)OC(=O)COc2ccc3ccccc3c2Br)c1. The molecule has 0 aliphatic carbocycles. The third-order valence-electron chi connectivity index (χ3n) is 4.52. The number of hydrogen-bond donors (Lipinski definition) is 1. The molecule has 0 saturated carbocycles. The van der Waals surface area contributed by atoms with Crippen molar-refractivity contribution in [2.75, 3.05) is 26.1 Å². The number of nitrogens with one attached hydrogen (secondary N) is 1. The molecular weight excluding hydrogens is 466 g/mol. The number of esters is 1. The van der Waals surface area contributed by atoms with Crippen LogP contribution < -0.4 is 19.5 Å². The van der Waals surface area contributed by atoms with E-state index >= 15 is 0 Å². The molecule has 1 N–H and O–H groups in total. The molecule has 0 bridgehead atoms. The number of ether oxygens (including phenoxy) is 4. The van der Waals surface area contributed by atoms with Gasteiger partial charge in [-0.1, -0.05) is 30.3 Å². The molecule has 7 nitrogen and oxygen atoms in total. The molecule has 0 spiro atoms. The Bertz CT molecular complexity index is 1100. The summed E-state index contributed by atoms with van der Waals surface area (Å²) < 4.78 is 21.9. The molecule has 31 heavy (non-hydrogen) atoms. The number of amides is 1. The zero-order chi connectivity index (χ0) is 22.4. The molecular formula is C23H22BrNO6. The van der Waals surface area contributed by atoms with Crippen LogP contribution >= 0.6 is 15.9 Å². The van der Waals surface area contributed by atoms with Crippen LogP contribution in [-0.2, 0) is 14.3 Å². The maximum Gasteiger partial charge on any atom is 0.344 e. The van der Waals surface area contributed by atoms with Gasteiger partial charge in [0, 0.05) is 6.07 Å². The van der Waals surface area contributed by atoms with E-state index in [4.69, 9.17) is 18.9 Å². The van der Waals surface area contributed by atoms with E-state index in [1.807, 2.05) is 30.3 Å². The van der Waals surface area contributed by atoms with Crippen molar-refractivity contribution in [1.82, 2.24) is 0 Å². The quantitative estimate of drug-likeness (QED) is 0.468. The van der Waals surface area contributed by atoms with Crippen LogP contribution in [0, 0.1) is 0 Å². The fraction of sp³-hybridized carbons (Fsp3) is 0.217. The average molecular weight is 488 g/mol. The third kappa shape index (κ3) is 5.46. The maximum absolute atomic E-state index is 12.5. The molecule has 1 unspecified atom stereocenters. The maximum atomic E-state index is 12.5. The molecule has 0 saturated heterocycles. The lowest BCUT2D eigenvalue weighted by Gasteiger charge is -2.16. The van der Waals surface area contributed by atoms with E-state index in [0.717, 1.165) is 15.2 Å². The highest BCUT2D eigenvalue weighted by molar-refractivity contribution is 9.10. The van der Waals surface area contributed by atoms with Gasteiger partial charge in [-0.15, -0.1) is 0 Å². The van der Waals surface area contributed by atoms with Gasteiger partial charge in [0.05, 0.1) is 24.4 Å². The molecule has 3 aromatic rings. The van der Waals surface area contributed by atoms with Gasteiger partial charge in [0.2, 0.25) is 0 Å². The van der Waals surface area contributed by atoms with Crippen LogP contribution in [0.15, 0.2) is 59.1 Å². The van der Waals surface area contributed by atoms with Crippen LogP contribution in [0.1, 0.15) is 6.92 Å². The Morgan fingerprint density at radius 2 is 1.74 bits per heavy atom. The summed E-state index contributed by atoms with van der Waals surface area (Å²) in [5.74, 6) is 0.341. The van der Waals surface area contributed by atoms with Gasteiger partial charge in [-0.2, -0.15) is 0 Å². The van der Waals surface area contributed by atoms with E-state index < -0.39 is 18.0 Å². The van der Waals surface area contributed by atoms with E-state index in [0.29, 0.717) is 22.9 Å². The Hall–Kier alpha value is -3.26. The number of hydrogen-bond acceptors (Lipinski definition) is 6. The monoisotopic (exact) mass is 487 g/mol. The number of rotatable bonds is 8. The van der Waals surface area contributed by atoms with Crippen LogP contribution in [-0.4, -0.2) is 38.8 Å². The molecule has 1 atom stereocenters. The smallest absolute Gasteiger partial charge is 0.344 e. The largest absolute Gasteiger partial charge is 0.497 e. The summed E-state index contributed by atoms with van der Waals surface area (Å²) in [4.78, 5) is 24.7. The minimum Gasteiger partial charge on any atom is -0.497 e. The first-order valence-corrected chi connectivity index (χ1v) is 10.2. The molecule has 0 radical (unpaired) electrons. The van der Waals surface area contributed by atoms with Gasteiger partial charge in [0.15, 0.2) is 12.7 Å². The molecule has 0 aliphatic rings. The summed E-state index contributed by atoms with van der Waals surface area (Å²) in [7, 11) is 3.01. The fourth-order valence-electron chi connectivity index (χ4n) is 2.89. The molecule has 1 amide bonds. The summed E-state index contributed by atoms with van der Waals surface area (Å²) in [6, 6.07) is 16.5. The molecule has 3 aromatic carbocycles. The second-order valence-electron chi connectivity index (χ2n) is 6.58. The molecule has 0 heterocycles. The van der Waals surface area contributed by atoms with Crippen LogP contribution in [0.2, 0.25) is 0 Å². The van der Waals surface area contributed by atoms with Crippen molar-refractivity contribution in [3.05, 3.63) is 59.1 Å². The standard InChI is InChI=1S/C23H22BrNO6/c1-14(23(27)25-18-12-16(28-2)9-11-19(18)29-3)31-21(26)13-30-20-10-8-15-6-4-5-7-17(15)22(20)24/h4-12,14H,13H2,1-3H3,(H,25,27). The Kier molecular flexibility index (Phi) is 7.36. The van der Waals surface area contributed by atoms with Crippen LogP contribution in [0.25, 0.3) is 10.8 Å². The van der Waals surface area contributed by atoms with Gasteiger partial charge in [0.1, 0.15) is 17.2 Å². The summed E-state index contributed by atoms with van der Waals surface area (Å²) >= 11 is 3.51. The Labute approximate surface area is 188 Å². The molecule has 0 fully saturated rings. The average Bonchev–Trinajstić information content (AvgIpc) is 2.78. The van der Waals surface area contributed by atoms with E-state index in [2.05, 4.69) is 21.2 Å². The van der Waals surface area contributed by atoms with Crippen molar-refractivity contribution in [3.8, 4) is 17.2 Å². The highest BCUT2D eigenvalue weighted by atomic mass is 79.9. The fourth-order valence-corrected chi connectivity index (χ4v) is 3.50. The number of anilines is 1. The van der Waals surface area contributed by atoms with E-state index in [-0.39, 0.29) is 6.61 Å². The zero-order valence-electron chi connectivity index (χ0n) is 17.3. The summed E-state index contributed by atoms with van der Waals surface area (Å²) in [5.41, 5.74) is 0.408. The summed E-state index contributed by atoms with van der Waals surface area (Å²) in [5, 5.41) is 4.68. The molecule has 3 rings (SSSR count). The second-order valence-corrected chi connectivity index (χ2v) is 7.37. The summed E-state index contributed by atoms with van der Waals surface area (Å²) in [6.07, 6.45) is -1.04. The van der Waals surface area contributed by atoms with Crippen molar-refractivity contribution >= 4 is 44.3 Å².